The van der Waals surface area contributed by atoms with Gasteiger partial charge in [-0.05, 0) is 55.4 Å². The van der Waals surface area contributed by atoms with Crippen LogP contribution in [-0.4, -0.2) is 34.3 Å². The maximum Gasteiger partial charge on any atom is 0.250 e. The highest BCUT2D eigenvalue weighted by Crippen LogP contribution is 2.25. The fraction of sp³-hybridized carbons (Fsp3) is 0.241. The number of aromatic nitrogens is 3. The Morgan fingerprint density at radius 1 is 0.833 bits per heavy atom. The van der Waals surface area contributed by atoms with Crippen molar-refractivity contribution in [2.24, 2.45) is 11.0 Å². The van der Waals surface area contributed by atoms with Crippen LogP contribution in [0.25, 0.3) is 0 Å². The fourth-order valence-corrected chi connectivity index (χ4v) is 4.37. The lowest BCUT2D eigenvalue weighted by Crippen LogP contribution is -2.35. The number of hydrogen-bond donors (Lipinski definition) is 2. The maximum absolute atomic E-state index is 4.75. The first-order valence-electron chi connectivity index (χ1n) is 12.4. The lowest BCUT2D eigenvalue weighted by atomic mass is 9.90. The van der Waals surface area contributed by atoms with E-state index in [0.29, 0.717) is 23.8 Å². The Labute approximate surface area is 212 Å². The fourth-order valence-electron chi connectivity index (χ4n) is 4.37. The predicted molar refractivity (Wildman–Crippen MR) is 147 cm³/mol. The van der Waals surface area contributed by atoms with Gasteiger partial charge in [-0.2, -0.15) is 20.1 Å². The van der Waals surface area contributed by atoms with Gasteiger partial charge in [0.05, 0.1) is 6.21 Å². The van der Waals surface area contributed by atoms with E-state index in [1.54, 1.807) is 6.21 Å². The molecule has 7 nitrogen and oxygen atoms in total. The van der Waals surface area contributed by atoms with Crippen molar-refractivity contribution in [3.63, 3.8) is 0 Å². The number of benzene rings is 3. The van der Waals surface area contributed by atoms with Gasteiger partial charge >= 0.3 is 0 Å². The molecule has 36 heavy (non-hydrogen) atoms. The van der Waals surface area contributed by atoms with E-state index in [1.165, 1.54) is 11.1 Å². The Bertz CT molecular complexity index is 1270. The van der Waals surface area contributed by atoms with Crippen molar-refractivity contribution >= 4 is 29.7 Å². The molecule has 1 aromatic heterocycles. The highest BCUT2D eigenvalue weighted by molar-refractivity contribution is 5.79. The van der Waals surface area contributed by atoms with Crippen LogP contribution in [0.4, 0.5) is 23.5 Å². The van der Waals surface area contributed by atoms with E-state index < -0.39 is 0 Å². The summed E-state index contributed by atoms with van der Waals surface area (Å²) in [7, 11) is 0. The van der Waals surface area contributed by atoms with Crippen LogP contribution >= 0.6 is 0 Å². The second-order valence-electron chi connectivity index (χ2n) is 9.17. The molecule has 2 heterocycles. The van der Waals surface area contributed by atoms with Gasteiger partial charge in [0.2, 0.25) is 17.8 Å². The summed E-state index contributed by atoms with van der Waals surface area (Å²) in [5, 5.41) is 7.66. The van der Waals surface area contributed by atoms with Crippen LogP contribution in [0.15, 0.2) is 90.0 Å². The molecule has 5 rings (SSSR count). The summed E-state index contributed by atoms with van der Waals surface area (Å²) in [6, 6.07) is 28.8. The second-order valence-corrected chi connectivity index (χ2v) is 9.17. The zero-order valence-electron chi connectivity index (χ0n) is 20.5. The largest absolute Gasteiger partial charge is 0.341 e. The molecule has 0 amide bonds. The van der Waals surface area contributed by atoms with Crippen LogP contribution in [0.1, 0.15) is 29.5 Å². The van der Waals surface area contributed by atoms with Crippen molar-refractivity contribution in [1.29, 1.82) is 0 Å². The first kappa shape index (κ1) is 23.5. The molecule has 0 bridgehead atoms. The summed E-state index contributed by atoms with van der Waals surface area (Å²) in [5.41, 5.74) is 7.52. The van der Waals surface area contributed by atoms with Crippen LogP contribution in [0.5, 0.6) is 0 Å². The molecular weight excluding hydrogens is 446 g/mol. The molecule has 0 unspecified atom stereocenters. The van der Waals surface area contributed by atoms with Gasteiger partial charge in [0.1, 0.15) is 0 Å². The van der Waals surface area contributed by atoms with Crippen LogP contribution in [0.3, 0.4) is 0 Å². The minimum absolute atomic E-state index is 0.410. The van der Waals surface area contributed by atoms with E-state index in [-0.39, 0.29) is 0 Å². The SMILES string of the molecule is Cc1ccc(Nc2nc(N/N=C/c3ccccc3)nc(N3CCC(Cc4ccccc4)CC3)n2)cc1. The minimum Gasteiger partial charge on any atom is -0.341 e. The van der Waals surface area contributed by atoms with E-state index in [2.05, 4.69) is 75.1 Å². The number of piperidine rings is 1. The van der Waals surface area contributed by atoms with E-state index in [0.717, 1.165) is 43.6 Å². The molecule has 1 fully saturated rings. The van der Waals surface area contributed by atoms with Gasteiger partial charge in [0.15, 0.2) is 0 Å². The summed E-state index contributed by atoms with van der Waals surface area (Å²) in [4.78, 5) is 16.3. The van der Waals surface area contributed by atoms with Crippen LogP contribution in [-0.2, 0) is 6.42 Å². The number of aryl methyl sites for hydroxylation is 1. The van der Waals surface area contributed by atoms with E-state index in [4.69, 9.17) is 9.97 Å². The Hall–Kier alpha value is -4.26. The second kappa shape index (κ2) is 11.4. The van der Waals surface area contributed by atoms with Gasteiger partial charge < -0.3 is 10.2 Å². The van der Waals surface area contributed by atoms with Gasteiger partial charge in [0.25, 0.3) is 0 Å². The minimum atomic E-state index is 0.410. The Morgan fingerprint density at radius 3 is 2.22 bits per heavy atom. The van der Waals surface area contributed by atoms with Gasteiger partial charge in [-0.3, -0.25) is 0 Å². The molecule has 0 radical (unpaired) electrons. The number of nitrogens with one attached hydrogen (secondary N) is 2. The van der Waals surface area contributed by atoms with Crippen molar-refractivity contribution in [2.45, 2.75) is 26.2 Å². The standard InChI is InChI=1S/C29H31N7/c1-22-12-14-26(15-13-22)31-27-32-28(35-30-21-25-10-6-3-7-11-25)34-29(33-27)36-18-16-24(17-19-36)20-23-8-4-2-5-9-23/h2-15,21,24H,16-20H2,1H3,(H2,31,32,33,34,35)/b30-21+. The topological polar surface area (TPSA) is 78.3 Å². The Kier molecular flexibility index (Phi) is 7.46. The molecule has 0 saturated carbocycles. The molecule has 0 aliphatic carbocycles. The summed E-state index contributed by atoms with van der Waals surface area (Å²) >= 11 is 0. The monoisotopic (exact) mass is 477 g/mol. The number of hydrazone groups is 1. The molecule has 1 aliphatic rings. The normalized spacial score (nSPS) is 14.2. The van der Waals surface area contributed by atoms with Crippen molar-refractivity contribution in [3.8, 4) is 0 Å². The zero-order valence-corrected chi connectivity index (χ0v) is 20.5. The van der Waals surface area contributed by atoms with Crippen LogP contribution in [0, 0.1) is 12.8 Å². The lowest BCUT2D eigenvalue weighted by molar-refractivity contribution is 0.400. The molecule has 1 saturated heterocycles. The van der Waals surface area contributed by atoms with E-state index in [9.17, 15) is 0 Å². The first-order chi connectivity index (χ1) is 17.7. The third-order valence-electron chi connectivity index (χ3n) is 6.37. The molecule has 0 spiro atoms. The van der Waals surface area contributed by atoms with E-state index in [1.807, 2.05) is 42.5 Å². The molecular formula is C29H31N7. The molecule has 2 N–H and O–H groups in total. The highest BCUT2D eigenvalue weighted by atomic mass is 15.4. The van der Waals surface area contributed by atoms with Gasteiger partial charge in [-0.15, -0.1) is 0 Å². The van der Waals surface area contributed by atoms with Crippen molar-refractivity contribution in [2.75, 3.05) is 28.7 Å². The molecule has 4 aromatic rings. The molecule has 182 valence electrons. The Morgan fingerprint density at radius 2 is 1.50 bits per heavy atom. The van der Waals surface area contributed by atoms with Gasteiger partial charge in [0, 0.05) is 18.8 Å². The number of anilines is 4. The predicted octanol–water partition coefficient (Wildman–Crippen LogP) is 5.83. The zero-order chi connectivity index (χ0) is 24.6. The van der Waals surface area contributed by atoms with Gasteiger partial charge in [-0.25, -0.2) is 5.43 Å². The smallest absolute Gasteiger partial charge is 0.250 e. The number of hydrogen-bond acceptors (Lipinski definition) is 7. The highest BCUT2D eigenvalue weighted by Gasteiger charge is 2.22. The van der Waals surface area contributed by atoms with E-state index >= 15 is 0 Å². The van der Waals surface area contributed by atoms with Crippen LogP contribution in [0.2, 0.25) is 0 Å². The van der Waals surface area contributed by atoms with Gasteiger partial charge in [-0.1, -0.05) is 78.4 Å². The average Bonchev–Trinajstić information content (AvgIpc) is 2.92. The summed E-state index contributed by atoms with van der Waals surface area (Å²) in [6.45, 7) is 3.90. The lowest BCUT2D eigenvalue weighted by Gasteiger charge is -2.32. The Balaban J connectivity index is 1.31. The summed E-state index contributed by atoms with van der Waals surface area (Å²) in [5.74, 6) is 2.24. The molecule has 0 atom stereocenters. The quantitative estimate of drug-likeness (QED) is 0.246. The molecule has 1 aliphatic heterocycles. The van der Waals surface area contributed by atoms with Crippen molar-refractivity contribution < 1.29 is 0 Å². The number of rotatable bonds is 8. The maximum atomic E-state index is 4.75. The van der Waals surface area contributed by atoms with Crippen LogP contribution < -0.4 is 15.6 Å². The third-order valence-corrected chi connectivity index (χ3v) is 6.37. The average molecular weight is 478 g/mol. The summed E-state index contributed by atoms with van der Waals surface area (Å²) < 4.78 is 0. The third kappa shape index (κ3) is 6.44. The first-order valence-corrected chi connectivity index (χ1v) is 12.4. The van der Waals surface area contributed by atoms with Crippen molar-refractivity contribution in [3.05, 3.63) is 102 Å². The molecule has 7 heteroatoms. The van der Waals surface area contributed by atoms with Crippen molar-refractivity contribution in [1.82, 2.24) is 15.0 Å². The molecule has 3 aromatic carbocycles. The summed E-state index contributed by atoms with van der Waals surface area (Å²) in [6.07, 6.45) is 5.09. The number of nitrogens with zero attached hydrogens (tertiary/aromatic N) is 5.